The first-order valence-corrected chi connectivity index (χ1v) is 6.16. The summed E-state index contributed by atoms with van der Waals surface area (Å²) in [6, 6.07) is 8.75. The fourth-order valence-electron chi connectivity index (χ4n) is 2.40. The van der Waals surface area contributed by atoms with Crippen LogP contribution in [0.2, 0.25) is 0 Å². The van der Waals surface area contributed by atoms with Gasteiger partial charge in [-0.05, 0) is 37.8 Å². The van der Waals surface area contributed by atoms with Crippen LogP contribution < -0.4 is 0 Å². The average Bonchev–Trinajstić information content (AvgIpc) is 2.32. The Labute approximate surface area is 97.9 Å². The predicted octanol–water partition coefficient (Wildman–Crippen LogP) is 2.20. The number of rotatable bonds is 3. The molecule has 1 atom stereocenters. The molecule has 0 bridgehead atoms. The van der Waals surface area contributed by atoms with Gasteiger partial charge in [-0.2, -0.15) is 0 Å². The first-order chi connectivity index (χ1) is 7.78. The van der Waals surface area contributed by atoms with Crippen molar-refractivity contribution in [3.05, 3.63) is 35.4 Å². The summed E-state index contributed by atoms with van der Waals surface area (Å²) in [7, 11) is 0. The van der Waals surface area contributed by atoms with E-state index in [1.807, 2.05) is 0 Å². The number of hydrogen-bond acceptors (Lipinski definition) is 2. The molecule has 1 aromatic rings. The number of hydrogen-bond donors (Lipinski definition) is 1. The Balaban J connectivity index is 1.91. The van der Waals surface area contributed by atoms with Crippen LogP contribution in [-0.2, 0) is 6.54 Å². The third kappa shape index (κ3) is 3.06. The summed E-state index contributed by atoms with van der Waals surface area (Å²) in [5.74, 6) is 0.485. The zero-order chi connectivity index (χ0) is 11.4. The molecule has 0 saturated carbocycles. The molecule has 1 aromatic carbocycles. The molecule has 2 rings (SSSR count). The van der Waals surface area contributed by atoms with Crippen molar-refractivity contribution >= 4 is 0 Å². The van der Waals surface area contributed by atoms with E-state index in [0.29, 0.717) is 12.5 Å². The second kappa shape index (κ2) is 5.46. The molecular formula is C14H21NO. The van der Waals surface area contributed by atoms with Crippen LogP contribution in [0.4, 0.5) is 0 Å². The molecular weight excluding hydrogens is 198 g/mol. The minimum Gasteiger partial charge on any atom is -0.396 e. The van der Waals surface area contributed by atoms with Crippen molar-refractivity contribution in [3.8, 4) is 0 Å². The summed E-state index contributed by atoms with van der Waals surface area (Å²) in [4.78, 5) is 2.45. The second-order valence-corrected chi connectivity index (χ2v) is 4.91. The first-order valence-electron chi connectivity index (χ1n) is 6.16. The lowest BCUT2D eigenvalue weighted by atomic mass is 9.98. The molecule has 88 valence electrons. The molecule has 0 aliphatic carbocycles. The van der Waals surface area contributed by atoms with Gasteiger partial charge < -0.3 is 5.11 Å². The van der Waals surface area contributed by atoms with Crippen LogP contribution in [0.5, 0.6) is 0 Å². The van der Waals surface area contributed by atoms with E-state index in [-0.39, 0.29) is 0 Å². The van der Waals surface area contributed by atoms with Gasteiger partial charge in [0.05, 0.1) is 0 Å². The lowest BCUT2D eigenvalue weighted by molar-refractivity contribution is 0.116. The van der Waals surface area contributed by atoms with Crippen molar-refractivity contribution < 1.29 is 5.11 Å². The van der Waals surface area contributed by atoms with E-state index in [0.717, 1.165) is 13.1 Å². The molecule has 1 aliphatic heterocycles. The number of aryl methyl sites for hydroxylation is 1. The topological polar surface area (TPSA) is 23.5 Å². The number of aliphatic hydroxyl groups is 1. The summed E-state index contributed by atoms with van der Waals surface area (Å²) in [5.41, 5.74) is 2.69. The quantitative estimate of drug-likeness (QED) is 0.842. The maximum Gasteiger partial charge on any atom is 0.0471 e. The molecule has 1 N–H and O–H groups in total. The summed E-state index contributed by atoms with van der Waals surface area (Å²) in [6.45, 7) is 5.70. The average molecular weight is 219 g/mol. The highest BCUT2D eigenvalue weighted by Crippen LogP contribution is 2.18. The normalized spacial score (nSPS) is 22.2. The first kappa shape index (κ1) is 11.6. The van der Waals surface area contributed by atoms with Crippen molar-refractivity contribution in [1.29, 1.82) is 0 Å². The van der Waals surface area contributed by atoms with Crippen molar-refractivity contribution in [2.24, 2.45) is 5.92 Å². The molecule has 2 heteroatoms. The minimum absolute atomic E-state index is 0.338. The van der Waals surface area contributed by atoms with E-state index in [1.54, 1.807) is 0 Å². The smallest absolute Gasteiger partial charge is 0.0471 e. The predicted molar refractivity (Wildman–Crippen MR) is 66.3 cm³/mol. The Kier molecular flexibility index (Phi) is 3.97. The fraction of sp³-hybridized carbons (Fsp3) is 0.571. The molecule has 0 aromatic heterocycles. The third-order valence-electron chi connectivity index (χ3n) is 3.39. The van der Waals surface area contributed by atoms with Gasteiger partial charge >= 0.3 is 0 Å². The number of likely N-dealkylation sites (tertiary alicyclic amines) is 1. The number of benzene rings is 1. The van der Waals surface area contributed by atoms with Gasteiger partial charge in [-0.25, -0.2) is 0 Å². The molecule has 1 saturated heterocycles. The van der Waals surface area contributed by atoms with Crippen molar-refractivity contribution in [3.63, 3.8) is 0 Å². The van der Waals surface area contributed by atoms with Crippen molar-refractivity contribution in [2.75, 3.05) is 19.7 Å². The highest BCUT2D eigenvalue weighted by Gasteiger charge is 2.18. The molecule has 1 fully saturated rings. The Morgan fingerprint density at radius 2 is 2.06 bits per heavy atom. The van der Waals surface area contributed by atoms with Crippen LogP contribution in [0.25, 0.3) is 0 Å². The standard InChI is InChI=1S/C14H21NO/c1-12-4-6-13(7-5-12)9-15-8-2-3-14(10-15)11-16/h4-7,14,16H,2-3,8-11H2,1H3/t14-/m1/s1. The lowest BCUT2D eigenvalue weighted by Gasteiger charge is -2.31. The monoisotopic (exact) mass is 219 g/mol. The van der Waals surface area contributed by atoms with E-state index in [1.165, 1.54) is 30.5 Å². The highest BCUT2D eigenvalue weighted by atomic mass is 16.3. The summed E-state index contributed by atoms with van der Waals surface area (Å²) in [5, 5.41) is 9.18. The summed E-state index contributed by atoms with van der Waals surface area (Å²) >= 11 is 0. The Morgan fingerprint density at radius 1 is 1.31 bits per heavy atom. The Morgan fingerprint density at radius 3 is 2.75 bits per heavy atom. The lowest BCUT2D eigenvalue weighted by Crippen LogP contribution is -2.36. The zero-order valence-corrected chi connectivity index (χ0v) is 10.0. The molecule has 0 spiro atoms. The molecule has 2 nitrogen and oxygen atoms in total. The fourth-order valence-corrected chi connectivity index (χ4v) is 2.40. The van der Waals surface area contributed by atoms with Gasteiger partial charge in [0.15, 0.2) is 0 Å². The molecule has 16 heavy (non-hydrogen) atoms. The van der Waals surface area contributed by atoms with Gasteiger partial charge in [-0.15, -0.1) is 0 Å². The van der Waals surface area contributed by atoms with E-state index in [2.05, 4.69) is 36.1 Å². The van der Waals surface area contributed by atoms with E-state index < -0.39 is 0 Å². The van der Waals surface area contributed by atoms with Gasteiger partial charge in [-0.3, -0.25) is 4.90 Å². The highest BCUT2D eigenvalue weighted by molar-refractivity contribution is 5.21. The molecule has 0 radical (unpaired) electrons. The summed E-state index contributed by atoms with van der Waals surface area (Å²) in [6.07, 6.45) is 2.40. The SMILES string of the molecule is Cc1ccc(CN2CCC[C@@H](CO)C2)cc1. The van der Waals surface area contributed by atoms with Crippen molar-refractivity contribution in [1.82, 2.24) is 4.90 Å². The Bertz CT molecular complexity index is 320. The van der Waals surface area contributed by atoms with Crippen LogP contribution in [-0.4, -0.2) is 29.7 Å². The van der Waals surface area contributed by atoms with E-state index in [4.69, 9.17) is 0 Å². The van der Waals surface area contributed by atoms with Crippen LogP contribution in [0.3, 0.4) is 0 Å². The van der Waals surface area contributed by atoms with Crippen LogP contribution in [0.15, 0.2) is 24.3 Å². The van der Waals surface area contributed by atoms with Crippen LogP contribution >= 0.6 is 0 Å². The maximum absolute atomic E-state index is 9.18. The number of nitrogens with zero attached hydrogens (tertiary/aromatic N) is 1. The molecule has 1 aliphatic rings. The van der Waals surface area contributed by atoms with Crippen molar-refractivity contribution in [2.45, 2.75) is 26.3 Å². The second-order valence-electron chi connectivity index (χ2n) is 4.91. The third-order valence-corrected chi connectivity index (χ3v) is 3.39. The van der Waals surface area contributed by atoms with Gasteiger partial charge in [0, 0.05) is 19.7 Å². The molecule has 1 heterocycles. The van der Waals surface area contributed by atoms with E-state index in [9.17, 15) is 5.11 Å². The minimum atomic E-state index is 0.338. The molecule has 0 amide bonds. The zero-order valence-electron chi connectivity index (χ0n) is 10.0. The summed E-state index contributed by atoms with van der Waals surface area (Å²) < 4.78 is 0. The number of piperidine rings is 1. The van der Waals surface area contributed by atoms with Gasteiger partial charge in [0.2, 0.25) is 0 Å². The van der Waals surface area contributed by atoms with Gasteiger partial charge in [-0.1, -0.05) is 29.8 Å². The van der Waals surface area contributed by atoms with Crippen LogP contribution in [0, 0.1) is 12.8 Å². The largest absolute Gasteiger partial charge is 0.396 e. The van der Waals surface area contributed by atoms with E-state index >= 15 is 0 Å². The van der Waals surface area contributed by atoms with Crippen LogP contribution in [0.1, 0.15) is 24.0 Å². The van der Waals surface area contributed by atoms with Gasteiger partial charge in [0.1, 0.15) is 0 Å². The molecule has 0 unspecified atom stereocenters. The maximum atomic E-state index is 9.18. The number of aliphatic hydroxyl groups excluding tert-OH is 1. The van der Waals surface area contributed by atoms with Gasteiger partial charge in [0.25, 0.3) is 0 Å². The Hall–Kier alpha value is -0.860.